The topological polar surface area (TPSA) is 119 Å². The maximum absolute atomic E-state index is 14.4. The molecule has 5 aromatic rings. The molecule has 0 spiro atoms. The largest absolute Gasteiger partial charge is 0.475 e. The van der Waals surface area contributed by atoms with Gasteiger partial charge < -0.3 is 23.8 Å². The number of aromatic nitrogens is 6. The molecule has 0 unspecified atom stereocenters. The summed E-state index contributed by atoms with van der Waals surface area (Å²) in [5.41, 5.74) is 2.98. The fourth-order valence-electron chi connectivity index (χ4n) is 4.26. The molecule has 36 heavy (non-hydrogen) atoms. The number of hydrogen-bond donors (Lipinski definition) is 2. The van der Waals surface area contributed by atoms with Gasteiger partial charge in [0.05, 0.1) is 35.8 Å². The van der Waals surface area contributed by atoms with Gasteiger partial charge in [-0.3, -0.25) is 4.79 Å². The van der Waals surface area contributed by atoms with Crippen molar-refractivity contribution in [1.29, 1.82) is 0 Å². The fraction of sp³-hybridized carbons (Fsp3) is 0.208. The van der Waals surface area contributed by atoms with Crippen LogP contribution in [0.15, 0.2) is 49.3 Å². The fourth-order valence-corrected chi connectivity index (χ4v) is 4.40. The number of nitrogens with zero attached hydrogens (tertiary/aromatic N) is 6. The van der Waals surface area contributed by atoms with Crippen molar-refractivity contribution < 1.29 is 19.1 Å². The summed E-state index contributed by atoms with van der Waals surface area (Å²) in [7, 11) is 0. The lowest BCUT2D eigenvalue weighted by Gasteiger charge is -2.03. The minimum Gasteiger partial charge on any atom is -0.475 e. The molecule has 0 saturated heterocycles. The van der Waals surface area contributed by atoms with E-state index in [1.807, 2.05) is 22.9 Å². The van der Waals surface area contributed by atoms with Gasteiger partial charge in [-0.05, 0) is 36.5 Å². The van der Waals surface area contributed by atoms with E-state index < -0.39 is 17.7 Å². The molecule has 0 radical (unpaired) electrons. The van der Waals surface area contributed by atoms with E-state index in [4.69, 9.17) is 11.6 Å². The number of fused-ring (bicyclic) bond motifs is 2. The van der Waals surface area contributed by atoms with Crippen molar-refractivity contribution in [1.82, 2.24) is 33.6 Å². The molecule has 0 aromatic carbocycles. The number of carbonyl (C=O) groups is 2. The average molecular weight is 508 g/mol. The van der Waals surface area contributed by atoms with Crippen molar-refractivity contribution in [3.8, 4) is 0 Å². The summed E-state index contributed by atoms with van der Waals surface area (Å²) in [6, 6.07) is 5.41. The molecule has 5 aromatic heterocycles. The Morgan fingerprint density at radius 2 is 1.97 bits per heavy atom. The lowest BCUT2D eigenvalue weighted by molar-refractivity contribution is 0.0678. The predicted octanol–water partition coefficient (Wildman–Crippen LogP) is 3.52. The zero-order valence-electron chi connectivity index (χ0n) is 18.7. The molecular weight excluding hydrogens is 489 g/mol. The maximum Gasteiger partial charge on any atom is 0.372 e. The standard InChI is InChI=1S/C24H19ClFN7O3/c25-16-5-6-31-12-28-17(21(31)20(16)26)7-27-23(34)18-11-33(22(30-18)24(35)36)10-15-9-32-8-14(13-1-2-13)3-4-19(32)29-15/h3-6,8-9,11-13H,1-2,7,10H2,(H,27,34)(H,35,36). The lowest BCUT2D eigenvalue weighted by atomic mass is 10.2. The van der Waals surface area contributed by atoms with Crippen LogP contribution in [0.25, 0.3) is 11.2 Å². The highest BCUT2D eigenvalue weighted by atomic mass is 35.5. The molecule has 0 aliphatic heterocycles. The number of halogens is 2. The first-order chi connectivity index (χ1) is 17.4. The van der Waals surface area contributed by atoms with Gasteiger partial charge in [-0.1, -0.05) is 17.7 Å². The van der Waals surface area contributed by atoms with Crippen molar-refractivity contribution in [3.05, 3.63) is 88.6 Å². The van der Waals surface area contributed by atoms with E-state index in [0.717, 1.165) is 5.65 Å². The third kappa shape index (κ3) is 3.97. The second kappa shape index (κ2) is 8.45. The first kappa shape index (κ1) is 22.2. The Labute approximate surface area is 208 Å². The number of amides is 1. The summed E-state index contributed by atoms with van der Waals surface area (Å²) in [5, 5.41) is 12.2. The molecule has 1 saturated carbocycles. The average Bonchev–Trinajstić information content (AvgIpc) is 3.30. The minimum absolute atomic E-state index is 0.0591. The van der Waals surface area contributed by atoms with Gasteiger partial charge in [-0.25, -0.2) is 24.1 Å². The molecule has 12 heteroatoms. The molecule has 182 valence electrons. The monoisotopic (exact) mass is 507 g/mol. The van der Waals surface area contributed by atoms with E-state index >= 15 is 0 Å². The zero-order valence-corrected chi connectivity index (χ0v) is 19.5. The van der Waals surface area contributed by atoms with Crippen molar-refractivity contribution in [2.45, 2.75) is 31.8 Å². The zero-order chi connectivity index (χ0) is 25.0. The number of carboxylic acids is 1. The maximum atomic E-state index is 14.4. The van der Waals surface area contributed by atoms with E-state index in [1.54, 1.807) is 6.20 Å². The molecule has 5 heterocycles. The summed E-state index contributed by atoms with van der Waals surface area (Å²) in [4.78, 5) is 37.2. The Morgan fingerprint density at radius 1 is 1.14 bits per heavy atom. The normalized spacial score (nSPS) is 13.5. The Bertz CT molecular complexity index is 1670. The SMILES string of the molecule is O=C(NCc1ncn2ccc(Cl)c(F)c12)c1cn(Cc2cn3cc(C4CC4)ccc3n2)c(C(=O)O)n1. The highest BCUT2D eigenvalue weighted by Crippen LogP contribution is 2.39. The Kier molecular flexibility index (Phi) is 5.22. The third-order valence-electron chi connectivity index (χ3n) is 6.19. The smallest absolute Gasteiger partial charge is 0.372 e. The van der Waals surface area contributed by atoms with Crippen LogP contribution in [0, 0.1) is 5.82 Å². The molecule has 1 aliphatic carbocycles. The summed E-state index contributed by atoms with van der Waals surface area (Å²) in [6.07, 6.45) is 10.6. The molecule has 2 N–H and O–H groups in total. The lowest BCUT2D eigenvalue weighted by Crippen LogP contribution is -2.23. The van der Waals surface area contributed by atoms with Crippen molar-refractivity contribution in [2.24, 2.45) is 0 Å². The van der Waals surface area contributed by atoms with Gasteiger partial charge in [-0.2, -0.15) is 0 Å². The van der Waals surface area contributed by atoms with Crippen LogP contribution in [0.1, 0.15) is 56.8 Å². The van der Waals surface area contributed by atoms with E-state index in [2.05, 4.69) is 26.3 Å². The van der Waals surface area contributed by atoms with E-state index in [0.29, 0.717) is 11.6 Å². The van der Waals surface area contributed by atoms with Crippen LogP contribution in [0.2, 0.25) is 5.02 Å². The number of aromatic carboxylic acids is 1. The molecule has 1 amide bonds. The number of carbonyl (C=O) groups excluding carboxylic acids is 1. The quantitative estimate of drug-likeness (QED) is 0.348. The third-order valence-corrected chi connectivity index (χ3v) is 6.48. The molecule has 10 nitrogen and oxygen atoms in total. The molecule has 0 atom stereocenters. The first-order valence-electron chi connectivity index (χ1n) is 11.2. The van der Waals surface area contributed by atoms with Crippen LogP contribution in [-0.4, -0.2) is 45.3 Å². The number of rotatable bonds is 7. The number of carboxylic acid groups (broad SMARTS) is 1. The van der Waals surface area contributed by atoms with Crippen LogP contribution in [0.3, 0.4) is 0 Å². The van der Waals surface area contributed by atoms with Gasteiger partial charge in [0.2, 0.25) is 5.82 Å². The summed E-state index contributed by atoms with van der Waals surface area (Å²) >= 11 is 5.86. The highest BCUT2D eigenvalue weighted by molar-refractivity contribution is 6.31. The summed E-state index contributed by atoms with van der Waals surface area (Å²) < 4.78 is 19.2. The number of nitrogens with one attached hydrogen (secondary N) is 1. The number of imidazole rings is 3. The van der Waals surface area contributed by atoms with Crippen LogP contribution >= 0.6 is 11.6 Å². The van der Waals surface area contributed by atoms with Gasteiger partial charge in [-0.15, -0.1) is 0 Å². The Morgan fingerprint density at radius 3 is 2.75 bits per heavy atom. The van der Waals surface area contributed by atoms with Crippen LogP contribution in [-0.2, 0) is 13.1 Å². The van der Waals surface area contributed by atoms with Crippen LogP contribution < -0.4 is 5.32 Å². The summed E-state index contributed by atoms with van der Waals surface area (Å²) in [5.74, 6) is -2.23. The van der Waals surface area contributed by atoms with E-state index in [1.165, 1.54) is 46.0 Å². The molecule has 0 bridgehead atoms. The minimum atomic E-state index is -1.27. The van der Waals surface area contributed by atoms with Crippen LogP contribution in [0.4, 0.5) is 4.39 Å². The molecule has 1 fully saturated rings. The van der Waals surface area contributed by atoms with Gasteiger partial charge in [0, 0.05) is 24.8 Å². The molecular formula is C24H19ClFN7O3. The predicted molar refractivity (Wildman–Crippen MR) is 127 cm³/mol. The van der Waals surface area contributed by atoms with Gasteiger partial charge in [0.15, 0.2) is 5.82 Å². The van der Waals surface area contributed by atoms with E-state index in [-0.39, 0.29) is 40.8 Å². The van der Waals surface area contributed by atoms with Crippen LogP contribution in [0.5, 0.6) is 0 Å². The van der Waals surface area contributed by atoms with Gasteiger partial charge in [0.1, 0.15) is 16.9 Å². The van der Waals surface area contributed by atoms with Crippen molar-refractivity contribution in [3.63, 3.8) is 0 Å². The Hall–Kier alpha value is -4.25. The summed E-state index contributed by atoms with van der Waals surface area (Å²) in [6.45, 7) is 0.0232. The second-order valence-corrected chi connectivity index (χ2v) is 9.13. The second-order valence-electron chi connectivity index (χ2n) is 8.72. The Balaban J connectivity index is 1.22. The first-order valence-corrected chi connectivity index (χ1v) is 11.6. The number of pyridine rings is 2. The highest BCUT2D eigenvalue weighted by Gasteiger charge is 2.24. The van der Waals surface area contributed by atoms with E-state index in [9.17, 15) is 19.1 Å². The molecule has 1 aliphatic rings. The number of hydrogen-bond acceptors (Lipinski definition) is 5. The van der Waals surface area contributed by atoms with Crippen molar-refractivity contribution in [2.75, 3.05) is 0 Å². The van der Waals surface area contributed by atoms with Gasteiger partial charge >= 0.3 is 5.97 Å². The van der Waals surface area contributed by atoms with Crippen molar-refractivity contribution >= 4 is 34.6 Å². The molecule has 6 rings (SSSR count). The van der Waals surface area contributed by atoms with Gasteiger partial charge in [0.25, 0.3) is 5.91 Å².